The van der Waals surface area contributed by atoms with E-state index in [0.29, 0.717) is 32.4 Å². The van der Waals surface area contributed by atoms with Gasteiger partial charge in [0.25, 0.3) is 0 Å². The fourth-order valence-corrected chi connectivity index (χ4v) is 8.99. The maximum atomic E-state index is 13.7. The molecule has 3 aliphatic heterocycles. The lowest BCUT2D eigenvalue weighted by Gasteiger charge is -2.40. The molecule has 0 bridgehead atoms. The fraction of sp³-hybridized carbons (Fsp3) is 0.887. The molecule has 0 aromatic rings. The number of hydrogen-bond acceptors (Lipinski definition) is 25. The average Bonchev–Trinajstić information content (AvgIpc) is 3.67. The molecule has 3 rings (SSSR count). The first-order valence-electron chi connectivity index (χ1n) is 28.6. The Morgan fingerprint density at radius 2 is 0.783 bits per heavy atom. The van der Waals surface area contributed by atoms with Gasteiger partial charge in [-0.1, -0.05) is 33.6 Å². The lowest BCUT2D eigenvalue weighted by atomic mass is 9.92. The van der Waals surface area contributed by atoms with Crippen LogP contribution in [0.1, 0.15) is 91.4 Å². The number of aliphatic hydroxyl groups excluding tert-OH is 9. The molecule has 3 aliphatic rings. The number of unbranched alkanes of at least 4 members (excludes halogenated alkanes) is 3. The van der Waals surface area contributed by atoms with Crippen LogP contribution in [0, 0.1) is 17.8 Å². The number of hydrogen-bond donors (Lipinski definition) is 14. The molecule has 83 heavy (non-hydrogen) atoms. The highest BCUT2D eigenvalue weighted by atomic mass is 16.7. The minimum absolute atomic E-state index is 0.107. The van der Waals surface area contributed by atoms with Crippen molar-refractivity contribution in [2.45, 2.75) is 171 Å². The zero-order valence-corrected chi connectivity index (χ0v) is 48.3. The van der Waals surface area contributed by atoms with Crippen LogP contribution in [0.5, 0.6) is 0 Å². The Balaban J connectivity index is 1.63. The SMILES string of the molecule is COCCCCCCNC(=O)CC(=O)NC(COCCC(=O)NCCCO[C@@H]1OC(CO)[C@H](O)[C@H](O)C1C)(COCCC(=O)NCCCO[C@@H]1OC(CO)[C@H](O)[C@H](O)C1C)COCCC(=O)NC(=O)CCO[C@@H]1OC(CO)[C@H](O)[C@H](O)C1C. The molecule has 6 unspecified atom stereocenters. The molecule has 0 radical (unpaired) electrons. The summed E-state index contributed by atoms with van der Waals surface area (Å²) in [5, 5.41) is 103. The normalized spacial score (nSPS) is 28.9. The van der Waals surface area contributed by atoms with E-state index in [1.54, 1.807) is 27.9 Å². The maximum absolute atomic E-state index is 13.7. The van der Waals surface area contributed by atoms with E-state index in [1.807, 2.05) is 0 Å². The van der Waals surface area contributed by atoms with Gasteiger partial charge in [0.05, 0.1) is 110 Å². The molecular formula is C53H95N5O25. The van der Waals surface area contributed by atoms with Gasteiger partial charge in [0.15, 0.2) is 18.9 Å². The number of methoxy groups -OCH3 is 1. The summed E-state index contributed by atoms with van der Waals surface area (Å²) in [6.45, 7) is 2.62. The second-order valence-electron chi connectivity index (χ2n) is 21.1. The number of aliphatic hydroxyl groups is 9. The predicted octanol–water partition coefficient (Wildman–Crippen LogP) is -4.90. The topological polar surface area (TPSA) is 437 Å². The number of carbonyl (C=O) groups is 6. The molecule has 0 aromatic carbocycles. The van der Waals surface area contributed by atoms with E-state index >= 15 is 0 Å². The molecule has 3 saturated heterocycles. The van der Waals surface area contributed by atoms with E-state index < -0.39 is 165 Å². The molecule has 0 aromatic heterocycles. The summed E-state index contributed by atoms with van der Waals surface area (Å²) in [6.07, 6.45) is -11.2. The van der Waals surface area contributed by atoms with Crippen LogP contribution in [0.4, 0.5) is 0 Å². The Morgan fingerprint density at radius 3 is 1.19 bits per heavy atom. The van der Waals surface area contributed by atoms with Crippen molar-refractivity contribution in [3.8, 4) is 0 Å². The van der Waals surface area contributed by atoms with Crippen LogP contribution < -0.4 is 26.6 Å². The van der Waals surface area contributed by atoms with E-state index in [9.17, 15) is 74.7 Å². The van der Waals surface area contributed by atoms with Crippen LogP contribution >= 0.6 is 0 Å². The second-order valence-corrected chi connectivity index (χ2v) is 21.1. The number of imide groups is 1. The minimum Gasteiger partial charge on any atom is -0.394 e. The lowest BCUT2D eigenvalue weighted by molar-refractivity contribution is -0.282. The van der Waals surface area contributed by atoms with Gasteiger partial charge in [-0.25, -0.2) is 0 Å². The van der Waals surface area contributed by atoms with Crippen LogP contribution in [0.3, 0.4) is 0 Å². The minimum atomic E-state index is -1.60. The highest BCUT2D eigenvalue weighted by Gasteiger charge is 2.45. The number of carbonyl (C=O) groups excluding carboxylic acids is 6. The summed E-state index contributed by atoms with van der Waals surface area (Å²) in [5.74, 6) is -5.50. The van der Waals surface area contributed by atoms with Crippen molar-refractivity contribution < 1.29 is 122 Å². The van der Waals surface area contributed by atoms with Gasteiger partial charge in [0.2, 0.25) is 35.4 Å². The van der Waals surface area contributed by atoms with Crippen LogP contribution in [0.2, 0.25) is 0 Å². The first-order valence-corrected chi connectivity index (χ1v) is 28.6. The van der Waals surface area contributed by atoms with Gasteiger partial charge in [-0.3, -0.25) is 34.1 Å². The largest absolute Gasteiger partial charge is 0.394 e. The van der Waals surface area contributed by atoms with Crippen LogP contribution in [0.15, 0.2) is 0 Å². The molecule has 6 amide bonds. The highest BCUT2D eigenvalue weighted by Crippen LogP contribution is 2.29. The lowest BCUT2D eigenvalue weighted by Crippen LogP contribution is -2.59. The van der Waals surface area contributed by atoms with E-state index in [4.69, 9.17) is 47.4 Å². The molecule has 0 aliphatic carbocycles. The van der Waals surface area contributed by atoms with E-state index in [1.165, 1.54) is 0 Å². The van der Waals surface area contributed by atoms with Crippen molar-refractivity contribution >= 4 is 35.4 Å². The van der Waals surface area contributed by atoms with Crippen molar-refractivity contribution in [1.29, 1.82) is 0 Å². The predicted molar refractivity (Wildman–Crippen MR) is 287 cm³/mol. The third-order valence-corrected chi connectivity index (χ3v) is 14.2. The molecule has 14 N–H and O–H groups in total. The summed E-state index contributed by atoms with van der Waals surface area (Å²) in [7, 11) is 1.61. The summed E-state index contributed by atoms with van der Waals surface area (Å²) in [4.78, 5) is 77.9. The molecule has 0 saturated carbocycles. The summed E-state index contributed by atoms with van der Waals surface area (Å²) < 4.78 is 56.5. The average molecular weight is 1200 g/mol. The van der Waals surface area contributed by atoms with Gasteiger partial charge in [-0.2, -0.15) is 0 Å². The molecule has 0 spiro atoms. The van der Waals surface area contributed by atoms with Gasteiger partial charge in [0, 0.05) is 63.9 Å². The Labute approximate surface area is 484 Å². The number of ether oxygens (including phenoxy) is 10. The summed E-state index contributed by atoms with van der Waals surface area (Å²) in [5.41, 5.74) is -1.60. The molecule has 3 fully saturated rings. The number of nitrogens with one attached hydrogen (secondary N) is 5. The van der Waals surface area contributed by atoms with Gasteiger partial charge in [-0.15, -0.1) is 0 Å². The zero-order valence-electron chi connectivity index (χ0n) is 48.3. The van der Waals surface area contributed by atoms with Crippen molar-refractivity contribution in [1.82, 2.24) is 26.6 Å². The molecule has 482 valence electrons. The van der Waals surface area contributed by atoms with Crippen molar-refractivity contribution in [3.05, 3.63) is 0 Å². The Hall–Kier alpha value is -3.74. The Kier molecular flexibility index (Phi) is 36.0. The fourth-order valence-electron chi connectivity index (χ4n) is 8.99. The van der Waals surface area contributed by atoms with Crippen molar-refractivity contribution in [2.24, 2.45) is 17.8 Å². The van der Waals surface area contributed by atoms with Gasteiger partial charge < -0.3 is 115 Å². The van der Waals surface area contributed by atoms with Gasteiger partial charge >= 0.3 is 0 Å². The third-order valence-electron chi connectivity index (χ3n) is 14.2. The summed E-state index contributed by atoms with van der Waals surface area (Å²) >= 11 is 0. The molecular weight excluding hydrogens is 1110 g/mol. The molecule has 15 atom stereocenters. The van der Waals surface area contributed by atoms with E-state index in [2.05, 4.69) is 26.6 Å². The summed E-state index contributed by atoms with van der Waals surface area (Å²) in [6, 6.07) is 0. The monoisotopic (exact) mass is 1200 g/mol. The zero-order chi connectivity index (χ0) is 61.3. The molecule has 3 heterocycles. The third kappa shape index (κ3) is 26.8. The first kappa shape index (κ1) is 73.5. The Bertz CT molecular complexity index is 1810. The van der Waals surface area contributed by atoms with Crippen molar-refractivity contribution in [2.75, 3.05) is 113 Å². The van der Waals surface area contributed by atoms with E-state index in [0.717, 1.165) is 19.3 Å². The number of amides is 6. The van der Waals surface area contributed by atoms with Crippen molar-refractivity contribution in [3.63, 3.8) is 0 Å². The van der Waals surface area contributed by atoms with E-state index in [-0.39, 0.29) is 91.6 Å². The van der Waals surface area contributed by atoms with Gasteiger partial charge in [-0.05, 0) is 25.7 Å². The quantitative estimate of drug-likeness (QED) is 0.0201. The number of rotatable bonds is 42. The first-order chi connectivity index (χ1) is 39.7. The molecule has 30 nitrogen and oxygen atoms in total. The van der Waals surface area contributed by atoms with Gasteiger partial charge in [0.1, 0.15) is 48.6 Å². The Morgan fingerprint density at radius 1 is 0.422 bits per heavy atom. The smallest absolute Gasteiger partial charge is 0.230 e. The highest BCUT2D eigenvalue weighted by molar-refractivity contribution is 5.97. The van der Waals surface area contributed by atoms with Crippen LogP contribution in [-0.4, -0.2) is 273 Å². The second kappa shape index (κ2) is 40.6. The maximum Gasteiger partial charge on any atom is 0.230 e. The standard InChI is InChI=1S/C53H95N5O25/c1-32-44(68)47(71)35(26-59)81-50(32)78-19-9-16-54-38(62)11-21-75-29-53(58-43(67)25-42(66)56-15-7-5-6-8-18-74-4,30-76-22-12-39(63)55-17-10-20-79-51-33(2)45(69)48(72)36(27-60)82-51)31-77-23-13-40(64)57-41(65)14-24-80-52-34(3)46(70)49(73)37(28-61)83-52/h32-37,44-52,59-61,68-73H,5-31H2,1-4H3,(H,54,62)(H,55,63)(H,56,66)(H,58,67)(H,57,64,65)/t32?,33?,34?,35?,36?,37?,44-,45-,46-,47+,48+,49+,50-,51-,52-,53?/m1/s1. The van der Waals surface area contributed by atoms with Crippen LogP contribution in [0.25, 0.3) is 0 Å². The molecule has 30 heteroatoms. The van der Waals surface area contributed by atoms with Crippen LogP contribution in [-0.2, 0) is 76.1 Å².